The SMILES string of the molecule is Cc1ncc(F)c(C(F)F)c1C. The van der Waals surface area contributed by atoms with E-state index in [2.05, 4.69) is 4.98 Å². The first-order valence-corrected chi connectivity index (χ1v) is 3.43. The lowest BCUT2D eigenvalue weighted by atomic mass is 10.1. The van der Waals surface area contributed by atoms with Gasteiger partial charge in [-0.3, -0.25) is 4.98 Å². The summed E-state index contributed by atoms with van der Waals surface area (Å²) in [6, 6.07) is 0. The Morgan fingerprint density at radius 3 is 2.33 bits per heavy atom. The maximum atomic E-state index is 12.7. The molecule has 1 aromatic rings. The van der Waals surface area contributed by atoms with Gasteiger partial charge in [-0.25, -0.2) is 13.2 Å². The maximum absolute atomic E-state index is 12.7. The van der Waals surface area contributed by atoms with E-state index in [4.69, 9.17) is 0 Å². The number of halogens is 3. The smallest absolute Gasteiger partial charge is 0.258 e. The second kappa shape index (κ2) is 3.13. The number of aryl methyl sites for hydroxylation is 1. The lowest BCUT2D eigenvalue weighted by Gasteiger charge is -2.07. The van der Waals surface area contributed by atoms with E-state index < -0.39 is 17.8 Å². The van der Waals surface area contributed by atoms with E-state index in [9.17, 15) is 13.2 Å². The van der Waals surface area contributed by atoms with E-state index in [1.54, 1.807) is 6.92 Å². The molecule has 0 unspecified atom stereocenters. The molecule has 66 valence electrons. The van der Waals surface area contributed by atoms with Crippen molar-refractivity contribution in [1.29, 1.82) is 0 Å². The van der Waals surface area contributed by atoms with Gasteiger partial charge in [0.1, 0.15) is 0 Å². The molecule has 1 heterocycles. The largest absolute Gasteiger partial charge is 0.267 e. The Hall–Kier alpha value is -1.06. The molecule has 0 saturated heterocycles. The second-order valence-corrected chi connectivity index (χ2v) is 2.53. The Labute approximate surface area is 68.2 Å². The van der Waals surface area contributed by atoms with Crippen molar-refractivity contribution in [1.82, 2.24) is 4.98 Å². The standard InChI is InChI=1S/C8H8F3N/c1-4-5(2)12-3-6(9)7(4)8(10)11/h3,8H,1-2H3. The molecule has 0 fully saturated rings. The topological polar surface area (TPSA) is 12.9 Å². The van der Waals surface area contributed by atoms with Crippen LogP contribution in [0.5, 0.6) is 0 Å². The number of hydrogen-bond acceptors (Lipinski definition) is 1. The molecule has 12 heavy (non-hydrogen) atoms. The number of alkyl halides is 2. The molecule has 0 radical (unpaired) electrons. The molecule has 1 aromatic heterocycles. The molecule has 0 saturated carbocycles. The Kier molecular flexibility index (Phi) is 2.35. The molecule has 0 aliphatic carbocycles. The van der Waals surface area contributed by atoms with Crippen LogP contribution in [0.1, 0.15) is 23.2 Å². The molecular formula is C8H8F3N. The summed E-state index contributed by atoms with van der Waals surface area (Å²) in [6.07, 6.45) is -1.95. The van der Waals surface area contributed by atoms with Gasteiger partial charge < -0.3 is 0 Å². The fourth-order valence-corrected chi connectivity index (χ4v) is 0.962. The van der Waals surface area contributed by atoms with Gasteiger partial charge in [0.05, 0.1) is 11.8 Å². The van der Waals surface area contributed by atoms with Crippen molar-refractivity contribution >= 4 is 0 Å². The minimum absolute atomic E-state index is 0.227. The van der Waals surface area contributed by atoms with Crippen molar-refractivity contribution in [3.63, 3.8) is 0 Å². The van der Waals surface area contributed by atoms with Gasteiger partial charge in [-0.05, 0) is 19.4 Å². The molecule has 0 bridgehead atoms. The van der Waals surface area contributed by atoms with Gasteiger partial charge >= 0.3 is 0 Å². The summed E-state index contributed by atoms with van der Waals surface area (Å²) in [5.74, 6) is -0.937. The molecular weight excluding hydrogens is 167 g/mol. The highest BCUT2D eigenvalue weighted by Gasteiger charge is 2.17. The van der Waals surface area contributed by atoms with Crippen molar-refractivity contribution in [2.75, 3.05) is 0 Å². The Balaban J connectivity index is 3.33. The van der Waals surface area contributed by atoms with Crippen LogP contribution in [0.15, 0.2) is 6.20 Å². The average Bonchev–Trinajstić information content (AvgIpc) is 1.97. The van der Waals surface area contributed by atoms with E-state index >= 15 is 0 Å². The summed E-state index contributed by atoms with van der Waals surface area (Å²) in [6.45, 7) is 3.01. The minimum atomic E-state index is -2.77. The number of nitrogens with zero attached hydrogens (tertiary/aromatic N) is 1. The average molecular weight is 175 g/mol. The second-order valence-electron chi connectivity index (χ2n) is 2.53. The highest BCUT2D eigenvalue weighted by molar-refractivity contribution is 5.29. The highest BCUT2D eigenvalue weighted by atomic mass is 19.3. The monoisotopic (exact) mass is 175 g/mol. The first-order chi connectivity index (χ1) is 5.54. The van der Waals surface area contributed by atoms with Crippen LogP contribution in [0.3, 0.4) is 0 Å². The van der Waals surface area contributed by atoms with Crippen LogP contribution in [0.2, 0.25) is 0 Å². The normalized spacial score (nSPS) is 10.8. The molecule has 1 nitrogen and oxygen atoms in total. The fraction of sp³-hybridized carbons (Fsp3) is 0.375. The van der Waals surface area contributed by atoms with Crippen LogP contribution in [0.25, 0.3) is 0 Å². The number of rotatable bonds is 1. The van der Waals surface area contributed by atoms with Crippen molar-refractivity contribution in [2.24, 2.45) is 0 Å². The van der Waals surface area contributed by atoms with Gasteiger partial charge in [0, 0.05) is 5.69 Å². The quantitative estimate of drug-likeness (QED) is 0.639. The summed E-state index contributed by atoms with van der Waals surface area (Å²) in [4.78, 5) is 3.61. The third kappa shape index (κ3) is 1.42. The summed E-state index contributed by atoms with van der Waals surface area (Å²) in [5.41, 5.74) is 0.124. The molecule has 4 heteroatoms. The molecule has 1 rings (SSSR count). The van der Waals surface area contributed by atoms with Gasteiger partial charge in [0.25, 0.3) is 6.43 Å². The summed E-state index contributed by atoms with van der Waals surface area (Å²) in [5, 5.41) is 0. The first-order valence-electron chi connectivity index (χ1n) is 3.43. The number of hydrogen-bond donors (Lipinski definition) is 0. The van der Waals surface area contributed by atoms with Crippen molar-refractivity contribution < 1.29 is 13.2 Å². The Bertz CT molecular complexity index is 297. The van der Waals surface area contributed by atoms with Crippen molar-refractivity contribution in [3.05, 3.63) is 28.8 Å². The van der Waals surface area contributed by atoms with Crippen LogP contribution in [0, 0.1) is 19.7 Å². The number of pyridine rings is 1. The number of aromatic nitrogens is 1. The molecule has 0 aromatic carbocycles. The highest BCUT2D eigenvalue weighted by Crippen LogP contribution is 2.25. The predicted octanol–water partition coefficient (Wildman–Crippen LogP) is 2.78. The van der Waals surface area contributed by atoms with Crippen LogP contribution in [0.4, 0.5) is 13.2 Å². The zero-order chi connectivity index (χ0) is 9.30. The van der Waals surface area contributed by atoms with Crippen LogP contribution < -0.4 is 0 Å². The van der Waals surface area contributed by atoms with E-state index in [1.165, 1.54) is 6.92 Å². The molecule has 0 aliphatic rings. The summed E-state index contributed by atoms with van der Waals surface area (Å²) in [7, 11) is 0. The predicted molar refractivity (Wildman–Crippen MR) is 38.6 cm³/mol. The van der Waals surface area contributed by atoms with Crippen molar-refractivity contribution in [2.45, 2.75) is 20.3 Å². The van der Waals surface area contributed by atoms with Gasteiger partial charge in [-0.15, -0.1) is 0 Å². The van der Waals surface area contributed by atoms with E-state index in [0.29, 0.717) is 5.69 Å². The van der Waals surface area contributed by atoms with Gasteiger partial charge in [0.2, 0.25) is 0 Å². The molecule has 0 atom stereocenters. The van der Waals surface area contributed by atoms with Crippen LogP contribution in [-0.4, -0.2) is 4.98 Å². The third-order valence-electron chi connectivity index (χ3n) is 1.79. The Morgan fingerprint density at radius 2 is 1.92 bits per heavy atom. The molecule has 0 amide bonds. The van der Waals surface area contributed by atoms with E-state index in [-0.39, 0.29) is 5.56 Å². The van der Waals surface area contributed by atoms with Crippen LogP contribution >= 0.6 is 0 Å². The first kappa shape index (κ1) is 9.03. The maximum Gasteiger partial charge on any atom is 0.267 e. The van der Waals surface area contributed by atoms with Gasteiger partial charge in [0.15, 0.2) is 5.82 Å². The molecule has 0 aliphatic heterocycles. The fourth-order valence-electron chi connectivity index (χ4n) is 0.962. The molecule has 0 N–H and O–H groups in total. The summed E-state index contributed by atoms with van der Waals surface area (Å²) >= 11 is 0. The van der Waals surface area contributed by atoms with E-state index in [0.717, 1.165) is 6.20 Å². The van der Waals surface area contributed by atoms with Crippen molar-refractivity contribution in [3.8, 4) is 0 Å². The zero-order valence-electron chi connectivity index (χ0n) is 6.74. The lowest BCUT2D eigenvalue weighted by Crippen LogP contribution is -1.99. The summed E-state index contributed by atoms with van der Waals surface area (Å²) < 4.78 is 37.1. The van der Waals surface area contributed by atoms with Gasteiger partial charge in [-0.2, -0.15) is 0 Å². The molecule has 0 spiro atoms. The Morgan fingerprint density at radius 1 is 1.33 bits per heavy atom. The van der Waals surface area contributed by atoms with E-state index in [1.807, 2.05) is 0 Å². The lowest BCUT2D eigenvalue weighted by molar-refractivity contribution is 0.145. The zero-order valence-corrected chi connectivity index (χ0v) is 6.74. The third-order valence-corrected chi connectivity index (χ3v) is 1.79. The van der Waals surface area contributed by atoms with Crippen LogP contribution in [-0.2, 0) is 0 Å². The minimum Gasteiger partial charge on any atom is -0.258 e. The van der Waals surface area contributed by atoms with Gasteiger partial charge in [-0.1, -0.05) is 0 Å².